The first-order valence-corrected chi connectivity index (χ1v) is 10.1. The second-order valence-corrected chi connectivity index (χ2v) is 7.81. The summed E-state index contributed by atoms with van der Waals surface area (Å²) in [6.07, 6.45) is -4.88. The zero-order valence-electron chi connectivity index (χ0n) is 16.7. The Labute approximate surface area is 186 Å². The van der Waals surface area contributed by atoms with Gasteiger partial charge in [-0.15, -0.1) is 5.10 Å². The second kappa shape index (κ2) is 8.87. The lowest BCUT2D eigenvalue weighted by atomic mass is 10.2. The van der Waals surface area contributed by atoms with E-state index in [1.165, 1.54) is 4.90 Å². The first-order chi connectivity index (χ1) is 15.2. The zero-order chi connectivity index (χ0) is 22.9. The minimum atomic E-state index is -4.88. The summed E-state index contributed by atoms with van der Waals surface area (Å²) in [5.74, 6) is -1.44. The molecule has 11 heteroatoms. The Kier molecular flexibility index (Phi) is 6.16. The molecule has 0 aliphatic carbocycles. The fourth-order valence-electron chi connectivity index (χ4n) is 3.60. The Bertz CT molecular complexity index is 1110. The third-order valence-corrected chi connectivity index (χ3v) is 5.40. The molecule has 6 nitrogen and oxygen atoms in total. The molecule has 1 aliphatic heterocycles. The smallest absolute Gasteiger partial charge is 0.335 e. The second-order valence-electron chi connectivity index (χ2n) is 7.37. The summed E-state index contributed by atoms with van der Waals surface area (Å²) in [5, 5.41) is 7.69. The number of rotatable bonds is 4. The average molecular weight is 468 g/mol. The molecule has 32 heavy (non-hydrogen) atoms. The number of aromatic nitrogens is 3. The zero-order valence-corrected chi connectivity index (χ0v) is 17.4. The summed E-state index contributed by atoms with van der Waals surface area (Å²) in [6.45, 7) is 2.11. The van der Waals surface area contributed by atoms with E-state index in [-0.39, 0.29) is 18.8 Å². The predicted octanol–water partition coefficient (Wildman–Crippen LogP) is 4.04. The van der Waals surface area contributed by atoms with Gasteiger partial charge in [-0.1, -0.05) is 28.9 Å². The van der Waals surface area contributed by atoms with E-state index in [1.54, 1.807) is 6.07 Å². The van der Waals surface area contributed by atoms with Crippen LogP contribution in [-0.4, -0.2) is 56.9 Å². The van der Waals surface area contributed by atoms with Gasteiger partial charge in [-0.2, -0.15) is 13.2 Å². The molecule has 1 aromatic heterocycles. The Morgan fingerprint density at radius 1 is 1.03 bits per heavy atom. The summed E-state index contributed by atoms with van der Waals surface area (Å²) in [4.78, 5) is 16.3. The number of carbonyl (C=O) groups excluding carboxylic acids is 1. The normalized spacial score (nSPS) is 15.2. The van der Waals surface area contributed by atoms with Crippen LogP contribution in [0.5, 0.6) is 0 Å². The van der Waals surface area contributed by atoms with E-state index >= 15 is 0 Å². The molecule has 0 spiro atoms. The molecule has 2 heterocycles. The van der Waals surface area contributed by atoms with E-state index in [0.29, 0.717) is 29.3 Å². The average Bonchev–Trinajstić information content (AvgIpc) is 3.20. The van der Waals surface area contributed by atoms with E-state index in [0.717, 1.165) is 29.8 Å². The first kappa shape index (κ1) is 22.2. The van der Waals surface area contributed by atoms with Crippen molar-refractivity contribution in [3.63, 3.8) is 0 Å². The van der Waals surface area contributed by atoms with Gasteiger partial charge < -0.3 is 4.90 Å². The van der Waals surface area contributed by atoms with Gasteiger partial charge in [0.1, 0.15) is 5.82 Å². The number of nitrogens with zero attached hydrogens (tertiary/aromatic N) is 5. The number of amides is 1. The van der Waals surface area contributed by atoms with Crippen molar-refractivity contribution < 1.29 is 22.4 Å². The van der Waals surface area contributed by atoms with Gasteiger partial charge in [-0.3, -0.25) is 9.69 Å². The Morgan fingerprint density at radius 2 is 1.72 bits per heavy atom. The Hall–Kier alpha value is -2.98. The molecule has 1 saturated heterocycles. The molecular formula is C21H18ClF4N5O. The quantitative estimate of drug-likeness (QED) is 0.544. The number of piperazine rings is 1. The molecule has 0 unspecified atom stereocenters. The van der Waals surface area contributed by atoms with Crippen LogP contribution in [0, 0.1) is 5.82 Å². The highest BCUT2D eigenvalue weighted by molar-refractivity contribution is 6.30. The van der Waals surface area contributed by atoms with Crippen molar-refractivity contribution in [1.82, 2.24) is 24.8 Å². The molecular weight excluding hydrogens is 450 g/mol. The maximum Gasteiger partial charge on any atom is 0.435 e. The molecule has 1 amide bonds. The van der Waals surface area contributed by atoms with Crippen molar-refractivity contribution in [3.05, 3.63) is 76.3 Å². The van der Waals surface area contributed by atoms with Crippen LogP contribution in [-0.2, 0) is 12.7 Å². The number of hydrogen-bond donors (Lipinski definition) is 0. The fraction of sp³-hybridized carbons (Fsp3) is 0.286. The third kappa shape index (κ3) is 4.76. The van der Waals surface area contributed by atoms with Crippen LogP contribution in [0.4, 0.5) is 17.6 Å². The third-order valence-electron chi connectivity index (χ3n) is 5.17. The lowest BCUT2D eigenvalue weighted by molar-refractivity contribution is -0.143. The van der Waals surface area contributed by atoms with Crippen molar-refractivity contribution in [2.45, 2.75) is 12.7 Å². The van der Waals surface area contributed by atoms with Crippen molar-refractivity contribution in [3.8, 4) is 5.69 Å². The topological polar surface area (TPSA) is 54.3 Å². The van der Waals surface area contributed by atoms with Crippen LogP contribution in [0.15, 0.2) is 48.5 Å². The molecule has 0 radical (unpaired) electrons. The minimum Gasteiger partial charge on any atom is -0.335 e. The van der Waals surface area contributed by atoms with Gasteiger partial charge in [-0.05, 0) is 42.0 Å². The van der Waals surface area contributed by atoms with E-state index < -0.39 is 29.3 Å². The summed E-state index contributed by atoms with van der Waals surface area (Å²) in [6, 6.07) is 11.7. The summed E-state index contributed by atoms with van der Waals surface area (Å²) >= 11 is 6.00. The van der Waals surface area contributed by atoms with Gasteiger partial charge in [-0.25, -0.2) is 9.07 Å². The Morgan fingerprint density at radius 3 is 2.34 bits per heavy atom. The van der Waals surface area contributed by atoms with Crippen LogP contribution in [0.3, 0.4) is 0 Å². The molecule has 0 bridgehead atoms. The highest BCUT2D eigenvalue weighted by atomic mass is 35.5. The Balaban J connectivity index is 1.50. The lowest BCUT2D eigenvalue weighted by Gasteiger charge is -2.34. The van der Waals surface area contributed by atoms with Crippen LogP contribution in [0.1, 0.15) is 21.7 Å². The number of carbonyl (C=O) groups is 1. The number of benzene rings is 2. The molecule has 0 N–H and O–H groups in total. The number of alkyl halides is 3. The van der Waals surface area contributed by atoms with Crippen molar-refractivity contribution in [2.75, 3.05) is 26.2 Å². The van der Waals surface area contributed by atoms with Crippen molar-refractivity contribution in [1.29, 1.82) is 0 Å². The standard InChI is InChI=1S/C21H18ClF4N5O/c22-15-3-1-2-14(12-15)13-29-8-10-30(11-9-29)20(32)18-19(21(24,25)26)31(28-27-18)17-6-4-16(23)5-7-17/h1-7,12H,8-11,13H2. The number of hydrogen-bond acceptors (Lipinski definition) is 4. The van der Waals surface area contributed by atoms with Gasteiger partial charge in [0, 0.05) is 37.7 Å². The number of halogens is 5. The maximum atomic E-state index is 13.8. The molecule has 0 saturated carbocycles. The van der Waals surface area contributed by atoms with E-state index in [4.69, 9.17) is 11.6 Å². The molecule has 4 rings (SSSR count). The molecule has 3 aromatic rings. The summed E-state index contributed by atoms with van der Waals surface area (Å²) in [7, 11) is 0. The van der Waals surface area contributed by atoms with Gasteiger partial charge in [0.15, 0.2) is 11.4 Å². The van der Waals surface area contributed by atoms with E-state index in [9.17, 15) is 22.4 Å². The fourth-order valence-corrected chi connectivity index (χ4v) is 3.81. The SMILES string of the molecule is O=C(c1nnn(-c2ccc(F)cc2)c1C(F)(F)F)N1CCN(Cc2cccc(Cl)c2)CC1. The van der Waals surface area contributed by atoms with E-state index in [1.807, 2.05) is 18.2 Å². The van der Waals surface area contributed by atoms with Crippen molar-refractivity contribution >= 4 is 17.5 Å². The largest absolute Gasteiger partial charge is 0.435 e. The molecule has 1 fully saturated rings. The monoisotopic (exact) mass is 467 g/mol. The van der Waals surface area contributed by atoms with Crippen molar-refractivity contribution in [2.24, 2.45) is 0 Å². The molecule has 168 valence electrons. The van der Waals surface area contributed by atoms with Crippen LogP contribution in [0.2, 0.25) is 5.02 Å². The van der Waals surface area contributed by atoms with Gasteiger partial charge >= 0.3 is 6.18 Å². The molecule has 2 aromatic carbocycles. The first-order valence-electron chi connectivity index (χ1n) is 9.77. The minimum absolute atomic E-state index is 0.0448. The molecule has 1 aliphatic rings. The maximum absolute atomic E-state index is 13.8. The van der Waals surface area contributed by atoms with Crippen LogP contribution < -0.4 is 0 Å². The predicted molar refractivity (Wildman–Crippen MR) is 109 cm³/mol. The summed E-state index contributed by atoms with van der Waals surface area (Å²) in [5.41, 5.74) is -1.09. The molecule has 0 atom stereocenters. The van der Waals surface area contributed by atoms with Gasteiger partial charge in [0.05, 0.1) is 5.69 Å². The summed E-state index contributed by atoms with van der Waals surface area (Å²) < 4.78 is 55.1. The highest BCUT2D eigenvalue weighted by Crippen LogP contribution is 2.33. The van der Waals surface area contributed by atoms with Gasteiger partial charge in [0.2, 0.25) is 0 Å². The van der Waals surface area contributed by atoms with Gasteiger partial charge in [0.25, 0.3) is 5.91 Å². The van der Waals surface area contributed by atoms with Crippen LogP contribution in [0.25, 0.3) is 5.69 Å². The lowest BCUT2D eigenvalue weighted by Crippen LogP contribution is -2.48. The van der Waals surface area contributed by atoms with Crippen LogP contribution >= 0.6 is 11.6 Å². The highest BCUT2D eigenvalue weighted by Gasteiger charge is 2.43. The van der Waals surface area contributed by atoms with E-state index in [2.05, 4.69) is 15.2 Å².